The van der Waals surface area contributed by atoms with Gasteiger partial charge >= 0.3 is 0 Å². The number of aryl methyl sites for hydroxylation is 1. The number of halogens is 1. The second kappa shape index (κ2) is 6.87. The van der Waals surface area contributed by atoms with Crippen LogP contribution in [-0.2, 0) is 0 Å². The zero-order chi connectivity index (χ0) is 14.8. The van der Waals surface area contributed by atoms with Gasteiger partial charge in [-0.1, -0.05) is 0 Å². The van der Waals surface area contributed by atoms with Crippen molar-refractivity contribution in [3.63, 3.8) is 0 Å². The van der Waals surface area contributed by atoms with Gasteiger partial charge in [-0.25, -0.2) is 0 Å². The molecule has 0 bridgehead atoms. The van der Waals surface area contributed by atoms with Crippen LogP contribution in [0.2, 0.25) is 0 Å². The third-order valence-electron chi connectivity index (χ3n) is 3.79. The number of nitro groups is 1. The Bertz CT molecular complexity index is 542. The molecule has 6 nitrogen and oxygen atoms in total. The maximum absolute atomic E-state index is 12.3. The van der Waals surface area contributed by atoms with Gasteiger partial charge in [-0.15, -0.1) is 12.4 Å². The Morgan fingerprint density at radius 2 is 2.00 bits per heavy atom. The molecule has 0 atom stereocenters. The Kier molecular flexibility index (Phi) is 5.69. The van der Waals surface area contributed by atoms with Crippen LogP contribution in [0.1, 0.15) is 35.7 Å². The predicted octanol–water partition coefficient (Wildman–Crippen LogP) is 2.20. The van der Waals surface area contributed by atoms with Gasteiger partial charge in [0.05, 0.1) is 4.92 Å². The van der Waals surface area contributed by atoms with Gasteiger partial charge in [-0.05, 0) is 51.4 Å². The summed E-state index contributed by atoms with van der Waals surface area (Å²) >= 11 is 0. The molecule has 0 aliphatic carbocycles. The molecule has 7 heteroatoms. The van der Waals surface area contributed by atoms with Crippen LogP contribution in [0.3, 0.4) is 0 Å². The summed E-state index contributed by atoms with van der Waals surface area (Å²) in [5, 5.41) is 17.0. The van der Waals surface area contributed by atoms with Crippen LogP contribution in [0.25, 0.3) is 0 Å². The molecule has 1 aliphatic rings. The molecular formula is C14H20ClN3O3. The quantitative estimate of drug-likeness (QED) is 0.662. The number of nitrogens with one attached hydrogen (secondary N) is 2. The predicted molar refractivity (Wildman–Crippen MR) is 83.1 cm³/mol. The van der Waals surface area contributed by atoms with E-state index in [4.69, 9.17) is 0 Å². The molecule has 0 saturated carbocycles. The summed E-state index contributed by atoms with van der Waals surface area (Å²) in [4.78, 5) is 22.6. The van der Waals surface area contributed by atoms with Crippen LogP contribution in [0.15, 0.2) is 18.2 Å². The van der Waals surface area contributed by atoms with E-state index in [1.54, 1.807) is 6.92 Å². The number of hydrogen-bond acceptors (Lipinski definition) is 4. The molecule has 116 valence electrons. The number of benzene rings is 1. The van der Waals surface area contributed by atoms with Crippen molar-refractivity contribution in [2.75, 3.05) is 13.1 Å². The molecule has 0 spiro atoms. The zero-order valence-corrected chi connectivity index (χ0v) is 13.0. The molecule has 0 radical (unpaired) electrons. The van der Waals surface area contributed by atoms with Crippen LogP contribution < -0.4 is 10.6 Å². The first-order valence-electron chi connectivity index (χ1n) is 6.70. The molecule has 0 unspecified atom stereocenters. The van der Waals surface area contributed by atoms with Crippen molar-refractivity contribution in [3.8, 4) is 0 Å². The van der Waals surface area contributed by atoms with Crippen molar-refractivity contribution in [2.45, 2.75) is 32.2 Å². The minimum Gasteiger partial charge on any atom is -0.347 e. The second-order valence-corrected chi connectivity index (χ2v) is 5.52. The van der Waals surface area contributed by atoms with E-state index in [0.717, 1.165) is 25.9 Å². The van der Waals surface area contributed by atoms with E-state index in [2.05, 4.69) is 10.6 Å². The van der Waals surface area contributed by atoms with Gasteiger partial charge in [0.15, 0.2) is 0 Å². The van der Waals surface area contributed by atoms with E-state index < -0.39 is 4.92 Å². The zero-order valence-electron chi connectivity index (χ0n) is 12.1. The van der Waals surface area contributed by atoms with E-state index in [0.29, 0.717) is 11.1 Å². The highest BCUT2D eigenvalue weighted by Crippen LogP contribution is 2.21. The molecule has 1 aromatic carbocycles. The standard InChI is InChI=1S/C14H19N3O3.ClH/c1-10-9-11(17(19)20)3-4-12(10)13(18)16-14(2)5-7-15-8-6-14;/h3-4,9,15H,5-8H2,1-2H3,(H,16,18);1H. The monoisotopic (exact) mass is 313 g/mol. The fourth-order valence-electron chi connectivity index (χ4n) is 2.46. The van der Waals surface area contributed by atoms with Crippen molar-refractivity contribution < 1.29 is 9.72 Å². The van der Waals surface area contributed by atoms with Crippen molar-refractivity contribution in [1.29, 1.82) is 0 Å². The molecule has 2 N–H and O–H groups in total. The number of carbonyl (C=O) groups is 1. The molecule has 2 rings (SSSR count). The lowest BCUT2D eigenvalue weighted by Crippen LogP contribution is -2.52. The number of carbonyl (C=O) groups excluding carboxylic acids is 1. The van der Waals surface area contributed by atoms with Crippen LogP contribution >= 0.6 is 12.4 Å². The number of nitrogens with zero attached hydrogens (tertiary/aromatic N) is 1. The highest BCUT2D eigenvalue weighted by molar-refractivity contribution is 5.96. The highest BCUT2D eigenvalue weighted by atomic mass is 35.5. The maximum atomic E-state index is 12.3. The smallest absolute Gasteiger partial charge is 0.269 e. The maximum Gasteiger partial charge on any atom is 0.269 e. The number of amides is 1. The molecule has 1 amide bonds. The lowest BCUT2D eigenvalue weighted by atomic mass is 9.90. The van der Waals surface area contributed by atoms with E-state index >= 15 is 0 Å². The summed E-state index contributed by atoms with van der Waals surface area (Å²) in [5.41, 5.74) is 0.910. The van der Waals surface area contributed by atoms with E-state index in [1.165, 1.54) is 18.2 Å². The first kappa shape index (κ1) is 17.4. The van der Waals surface area contributed by atoms with Crippen LogP contribution in [0.5, 0.6) is 0 Å². The van der Waals surface area contributed by atoms with E-state index in [9.17, 15) is 14.9 Å². The van der Waals surface area contributed by atoms with Crippen molar-refractivity contribution >= 4 is 24.0 Å². The summed E-state index contributed by atoms with van der Waals surface area (Å²) < 4.78 is 0. The first-order valence-corrected chi connectivity index (χ1v) is 6.70. The van der Waals surface area contributed by atoms with Gasteiger partial charge < -0.3 is 10.6 Å². The summed E-state index contributed by atoms with van der Waals surface area (Å²) in [6, 6.07) is 4.32. The Balaban J connectivity index is 0.00000220. The molecule has 1 fully saturated rings. The van der Waals surface area contributed by atoms with Crippen molar-refractivity contribution in [2.24, 2.45) is 0 Å². The van der Waals surface area contributed by atoms with E-state index in [1.807, 2.05) is 6.92 Å². The van der Waals surface area contributed by atoms with Gasteiger partial charge in [-0.2, -0.15) is 0 Å². The Labute approximate surface area is 129 Å². The second-order valence-electron chi connectivity index (χ2n) is 5.52. The topological polar surface area (TPSA) is 84.3 Å². The summed E-state index contributed by atoms with van der Waals surface area (Å²) in [7, 11) is 0. The number of hydrogen-bond donors (Lipinski definition) is 2. The molecule has 0 aromatic heterocycles. The number of rotatable bonds is 3. The van der Waals surface area contributed by atoms with Gasteiger partial charge in [0, 0.05) is 23.2 Å². The van der Waals surface area contributed by atoms with E-state index in [-0.39, 0.29) is 29.5 Å². The first-order chi connectivity index (χ1) is 9.41. The van der Waals surface area contributed by atoms with Gasteiger partial charge in [0.25, 0.3) is 11.6 Å². The molecule has 1 saturated heterocycles. The summed E-state index contributed by atoms with van der Waals surface area (Å²) in [6.45, 7) is 5.52. The van der Waals surface area contributed by atoms with Gasteiger partial charge in [0.1, 0.15) is 0 Å². The SMILES string of the molecule is Cc1cc([N+](=O)[O-])ccc1C(=O)NC1(C)CCNCC1.Cl. The Morgan fingerprint density at radius 1 is 1.38 bits per heavy atom. The summed E-state index contributed by atoms with van der Waals surface area (Å²) in [5.74, 6) is -0.165. The molecule has 1 heterocycles. The van der Waals surface area contributed by atoms with Crippen LogP contribution in [0.4, 0.5) is 5.69 Å². The van der Waals surface area contributed by atoms with Crippen molar-refractivity contribution in [3.05, 3.63) is 39.4 Å². The third kappa shape index (κ3) is 4.15. The summed E-state index contributed by atoms with van der Waals surface area (Å²) in [6.07, 6.45) is 1.76. The van der Waals surface area contributed by atoms with Gasteiger partial charge in [0.2, 0.25) is 0 Å². The normalized spacial score (nSPS) is 16.7. The van der Waals surface area contributed by atoms with Crippen LogP contribution in [0, 0.1) is 17.0 Å². The minimum absolute atomic E-state index is 0. The Morgan fingerprint density at radius 3 is 2.52 bits per heavy atom. The molecule has 1 aromatic rings. The highest BCUT2D eigenvalue weighted by Gasteiger charge is 2.29. The lowest BCUT2D eigenvalue weighted by Gasteiger charge is -2.35. The largest absolute Gasteiger partial charge is 0.347 e. The average Bonchev–Trinajstić information content (AvgIpc) is 2.38. The van der Waals surface area contributed by atoms with Crippen molar-refractivity contribution in [1.82, 2.24) is 10.6 Å². The Hall–Kier alpha value is -1.66. The lowest BCUT2D eigenvalue weighted by molar-refractivity contribution is -0.384. The van der Waals surface area contributed by atoms with Crippen LogP contribution in [-0.4, -0.2) is 29.5 Å². The fourth-order valence-corrected chi connectivity index (χ4v) is 2.46. The number of non-ortho nitro benzene ring substituents is 1. The molecule has 1 aliphatic heterocycles. The third-order valence-corrected chi connectivity index (χ3v) is 3.79. The van der Waals surface area contributed by atoms with Gasteiger partial charge in [-0.3, -0.25) is 14.9 Å². The average molecular weight is 314 g/mol. The number of piperidine rings is 1. The fraction of sp³-hybridized carbons (Fsp3) is 0.500. The minimum atomic E-state index is -0.456. The molecule has 21 heavy (non-hydrogen) atoms. The molecular weight excluding hydrogens is 294 g/mol. The number of nitro benzene ring substituents is 1.